The molecule has 1 fully saturated rings. The van der Waals surface area contributed by atoms with Gasteiger partial charge in [0.25, 0.3) is 0 Å². The zero-order valence-corrected chi connectivity index (χ0v) is 20.6. The summed E-state index contributed by atoms with van der Waals surface area (Å²) in [5.41, 5.74) is 2.99. The molecule has 35 heavy (non-hydrogen) atoms. The molecule has 2 N–H and O–H groups in total. The van der Waals surface area contributed by atoms with Crippen LogP contribution in [0, 0.1) is 12.7 Å². The number of ether oxygens (including phenoxy) is 1. The Balaban J connectivity index is 1.29. The fourth-order valence-corrected chi connectivity index (χ4v) is 4.27. The van der Waals surface area contributed by atoms with E-state index >= 15 is 0 Å². The first-order valence-electron chi connectivity index (χ1n) is 12.3. The molecular weight excluding hydrogens is 439 g/mol. The Hall–Kier alpha value is -3.35. The molecule has 5 nitrogen and oxygen atoms in total. The molecule has 0 aliphatic carbocycles. The number of aryl methyl sites for hydroxylation is 1. The largest absolute Gasteiger partial charge is 0.457 e. The van der Waals surface area contributed by atoms with Gasteiger partial charge in [0.15, 0.2) is 0 Å². The fourth-order valence-electron chi connectivity index (χ4n) is 4.27. The van der Waals surface area contributed by atoms with Crippen molar-refractivity contribution in [3.8, 4) is 11.5 Å². The summed E-state index contributed by atoms with van der Waals surface area (Å²) < 4.78 is 19.7. The molecule has 3 aromatic carbocycles. The van der Waals surface area contributed by atoms with Crippen molar-refractivity contribution in [2.75, 3.05) is 32.7 Å². The van der Waals surface area contributed by atoms with Crippen LogP contribution in [0.15, 0.2) is 85.2 Å². The molecule has 3 aromatic rings. The first-order chi connectivity index (χ1) is 17.0. The number of rotatable bonds is 10. The molecular formula is C29H35FN4O. The maximum Gasteiger partial charge on any atom is 0.130 e. The summed E-state index contributed by atoms with van der Waals surface area (Å²) in [6.45, 7) is 13.6. The van der Waals surface area contributed by atoms with E-state index in [0.29, 0.717) is 11.3 Å². The van der Waals surface area contributed by atoms with Crippen LogP contribution in [0.3, 0.4) is 0 Å². The van der Waals surface area contributed by atoms with Crippen LogP contribution >= 0.6 is 0 Å². The summed E-state index contributed by atoms with van der Waals surface area (Å²) in [5.74, 6) is 1.92. The number of benzene rings is 3. The van der Waals surface area contributed by atoms with Crippen LogP contribution in [0.1, 0.15) is 29.8 Å². The highest BCUT2D eigenvalue weighted by Gasteiger charge is 2.20. The number of piperazine rings is 1. The smallest absolute Gasteiger partial charge is 0.130 e. The zero-order valence-electron chi connectivity index (χ0n) is 20.6. The van der Waals surface area contributed by atoms with Crippen molar-refractivity contribution < 1.29 is 9.13 Å². The van der Waals surface area contributed by atoms with Gasteiger partial charge in [0.05, 0.1) is 5.82 Å². The molecule has 1 heterocycles. The van der Waals surface area contributed by atoms with Crippen LogP contribution in [0.2, 0.25) is 0 Å². The van der Waals surface area contributed by atoms with Gasteiger partial charge in [-0.1, -0.05) is 62.0 Å². The SMILES string of the molecule is C=C(NC(NCC)c1ccccc1)N1CCN(Cc2cccc(Oc3ccc(C)c(F)c3)c2)CC1. The second-order valence-electron chi connectivity index (χ2n) is 8.92. The van der Waals surface area contributed by atoms with E-state index in [1.165, 1.54) is 17.2 Å². The molecule has 1 atom stereocenters. The molecule has 0 radical (unpaired) electrons. The van der Waals surface area contributed by atoms with E-state index in [1.807, 2.05) is 24.3 Å². The van der Waals surface area contributed by atoms with Crippen LogP contribution in [0.5, 0.6) is 11.5 Å². The van der Waals surface area contributed by atoms with Crippen molar-refractivity contribution in [3.05, 3.63) is 108 Å². The molecule has 6 heteroatoms. The van der Waals surface area contributed by atoms with Gasteiger partial charge in [0.1, 0.15) is 23.5 Å². The molecule has 1 saturated heterocycles. The Morgan fingerprint density at radius 2 is 1.71 bits per heavy atom. The van der Waals surface area contributed by atoms with Gasteiger partial charge in [-0.05, 0) is 48.4 Å². The van der Waals surface area contributed by atoms with Crippen LogP contribution < -0.4 is 15.4 Å². The lowest BCUT2D eigenvalue weighted by Gasteiger charge is -2.38. The van der Waals surface area contributed by atoms with Crippen LogP contribution in [0.4, 0.5) is 4.39 Å². The lowest BCUT2D eigenvalue weighted by Crippen LogP contribution is -2.48. The molecule has 0 aromatic heterocycles. The van der Waals surface area contributed by atoms with Gasteiger partial charge in [-0.25, -0.2) is 4.39 Å². The predicted octanol–water partition coefficient (Wildman–Crippen LogP) is 5.41. The second-order valence-corrected chi connectivity index (χ2v) is 8.92. The summed E-state index contributed by atoms with van der Waals surface area (Å²) in [5, 5.41) is 7.06. The highest BCUT2D eigenvalue weighted by Crippen LogP contribution is 2.25. The van der Waals surface area contributed by atoms with E-state index in [9.17, 15) is 4.39 Å². The third-order valence-electron chi connectivity index (χ3n) is 6.29. The minimum absolute atomic E-state index is 0.0384. The molecule has 0 saturated carbocycles. The maximum atomic E-state index is 13.8. The third kappa shape index (κ3) is 6.84. The molecule has 0 bridgehead atoms. The van der Waals surface area contributed by atoms with Crippen molar-refractivity contribution in [2.24, 2.45) is 0 Å². The Kier molecular flexibility index (Phi) is 8.40. The average Bonchev–Trinajstić information content (AvgIpc) is 2.87. The van der Waals surface area contributed by atoms with Crippen molar-refractivity contribution in [2.45, 2.75) is 26.6 Å². The maximum absolute atomic E-state index is 13.8. The lowest BCUT2D eigenvalue weighted by atomic mass is 10.1. The number of nitrogens with zero attached hydrogens (tertiary/aromatic N) is 2. The predicted molar refractivity (Wildman–Crippen MR) is 140 cm³/mol. The van der Waals surface area contributed by atoms with Gasteiger partial charge >= 0.3 is 0 Å². The first-order valence-corrected chi connectivity index (χ1v) is 12.3. The molecule has 1 aliphatic heterocycles. The molecule has 1 unspecified atom stereocenters. The molecule has 1 aliphatic rings. The second kappa shape index (κ2) is 11.9. The summed E-state index contributed by atoms with van der Waals surface area (Å²) in [6, 6.07) is 23.4. The summed E-state index contributed by atoms with van der Waals surface area (Å²) in [6.07, 6.45) is 0.0384. The fraction of sp³-hybridized carbons (Fsp3) is 0.310. The highest BCUT2D eigenvalue weighted by atomic mass is 19.1. The van der Waals surface area contributed by atoms with Crippen molar-refractivity contribution in [1.82, 2.24) is 20.4 Å². The van der Waals surface area contributed by atoms with Crippen LogP contribution in [0.25, 0.3) is 0 Å². The van der Waals surface area contributed by atoms with E-state index in [4.69, 9.17) is 4.74 Å². The standard InChI is InChI=1S/C29H35FN4O/c1-4-31-29(25-10-6-5-7-11-25)32-23(3)34-17-15-33(16-18-34)21-24-9-8-12-26(19-24)35-27-14-13-22(2)28(30)20-27/h5-14,19-20,29,31-32H,3-4,15-18,21H2,1-2H3. The Morgan fingerprint density at radius 1 is 0.971 bits per heavy atom. The third-order valence-corrected chi connectivity index (χ3v) is 6.29. The molecule has 4 rings (SSSR count). The number of hydrogen-bond acceptors (Lipinski definition) is 5. The van der Waals surface area contributed by atoms with Gasteiger partial charge in [0, 0.05) is 38.8 Å². The minimum Gasteiger partial charge on any atom is -0.457 e. The quantitative estimate of drug-likeness (QED) is 0.384. The molecule has 0 spiro atoms. The van der Waals surface area contributed by atoms with Gasteiger partial charge in [-0.2, -0.15) is 0 Å². The average molecular weight is 475 g/mol. The zero-order chi connectivity index (χ0) is 24.6. The van der Waals surface area contributed by atoms with Crippen molar-refractivity contribution in [1.29, 1.82) is 0 Å². The van der Waals surface area contributed by atoms with Crippen LogP contribution in [-0.4, -0.2) is 42.5 Å². The Bertz CT molecular complexity index is 1110. The first kappa shape index (κ1) is 24.8. The van der Waals surface area contributed by atoms with Crippen LogP contribution in [-0.2, 0) is 6.54 Å². The lowest BCUT2D eigenvalue weighted by molar-refractivity contribution is 0.144. The minimum atomic E-state index is -0.256. The topological polar surface area (TPSA) is 39.8 Å². The van der Waals surface area contributed by atoms with Gasteiger partial charge < -0.3 is 15.0 Å². The normalized spacial score (nSPS) is 15.0. The Morgan fingerprint density at radius 3 is 2.43 bits per heavy atom. The van der Waals surface area contributed by atoms with Gasteiger partial charge in [0.2, 0.25) is 0 Å². The number of nitrogens with one attached hydrogen (secondary N) is 2. The summed E-state index contributed by atoms with van der Waals surface area (Å²) in [4.78, 5) is 4.75. The van der Waals surface area contributed by atoms with E-state index < -0.39 is 0 Å². The van der Waals surface area contributed by atoms with Gasteiger partial charge in [-0.15, -0.1) is 0 Å². The molecule has 184 valence electrons. The van der Waals surface area contributed by atoms with Crippen molar-refractivity contribution in [3.63, 3.8) is 0 Å². The number of hydrogen-bond donors (Lipinski definition) is 2. The molecule has 0 amide bonds. The highest BCUT2D eigenvalue weighted by molar-refractivity contribution is 5.35. The van der Waals surface area contributed by atoms with E-state index in [1.54, 1.807) is 19.1 Å². The van der Waals surface area contributed by atoms with Gasteiger partial charge in [-0.3, -0.25) is 10.2 Å². The van der Waals surface area contributed by atoms with E-state index in [2.05, 4.69) is 64.3 Å². The van der Waals surface area contributed by atoms with Crippen molar-refractivity contribution >= 4 is 0 Å². The number of halogens is 1. The summed E-state index contributed by atoms with van der Waals surface area (Å²) >= 11 is 0. The van der Waals surface area contributed by atoms with E-state index in [0.717, 1.165) is 50.8 Å². The monoisotopic (exact) mass is 474 g/mol. The Labute approximate surface area is 208 Å². The summed E-state index contributed by atoms with van der Waals surface area (Å²) in [7, 11) is 0. The van der Waals surface area contributed by atoms with E-state index in [-0.39, 0.29) is 12.0 Å².